The van der Waals surface area contributed by atoms with E-state index in [9.17, 15) is 5.11 Å². The fourth-order valence-corrected chi connectivity index (χ4v) is 1.75. The van der Waals surface area contributed by atoms with E-state index < -0.39 is 11.6 Å². The van der Waals surface area contributed by atoms with E-state index in [-0.39, 0.29) is 13.2 Å². The predicted octanol–water partition coefficient (Wildman–Crippen LogP) is 2.09. The molecule has 0 heterocycles. The van der Waals surface area contributed by atoms with Gasteiger partial charge in [-0.05, 0) is 32.0 Å². The number of hydrogen-bond donors (Lipinski definition) is 3. The highest BCUT2D eigenvalue weighted by atomic mass is 35.5. The molecule has 19 heavy (non-hydrogen) atoms. The monoisotopic (exact) mass is 307 g/mol. The minimum atomic E-state index is -0.697. The van der Waals surface area contributed by atoms with Crippen LogP contribution in [0.4, 0.5) is 0 Å². The quantitative estimate of drug-likeness (QED) is 0.722. The van der Waals surface area contributed by atoms with Gasteiger partial charge in [-0.1, -0.05) is 23.2 Å². The summed E-state index contributed by atoms with van der Waals surface area (Å²) in [5.41, 5.74) is -0.432. The molecule has 0 aliphatic rings. The van der Waals surface area contributed by atoms with Crippen molar-refractivity contribution >= 4 is 23.2 Å². The van der Waals surface area contributed by atoms with Crippen molar-refractivity contribution in [2.45, 2.75) is 25.5 Å². The first-order valence-corrected chi connectivity index (χ1v) is 6.71. The Morgan fingerprint density at radius 2 is 2.05 bits per heavy atom. The lowest BCUT2D eigenvalue weighted by atomic mass is 10.1. The van der Waals surface area contributed by atoms with Crippen molar-refractivity contribution < 1.29 is 14.9 Å². The van der Waals surface area contributed by atoms with Crippen molar-refractivity contribution in [2.75, 3.05) is 19.8 Å². The topological polar surface area (TPSA) is 61.7 Å². The maximum atomic E-state index is 9.78. The largest absolute Gasteiger partial charge is 0.489 e. The average Bonchev–Trinajstić information content (AvgIpc) is 2.35. The van der Waals surface area contributed by atoms with Crippen molar-refractivity contribution in [1.82, 2.24) is 5.32 Å². The Morgan fingerprint density at radius 3 is 2.63 bits per heavy atom. The summed E-state index contributed by atoms with van der Waals surface area (Å²) in [6.07, 6.45) is -0.697. The van der Waals surface area contributed by atoms with Crippen LogP contribution in [0.2, 0.25) is 10.0 Å². The first kappa shape index (κ1) is 16.5. The Bertz CT molecular complexity index is 413. The molecule has 1 rings (SSSR count). The first-order valence-electron chi connectivity index (χ1n) is 5.96. The molecule has 0 aliphatic carbocycles. The first-order chi connectivity index (χ1) is 8.84. The van der Waals surface area contributed by atoms with Gasteiger partial charge >= 0.3 is 0 Å². The molecule has 1 aromatic carbocycles. The number of aliphatic hydroxyl groups is 2. The van der Waals surface area contributed by atoms with E-state index in [1.54, 1.807) is 18.2 Å². The van der Waals surface area contributed by atoms with Gasteiger partial charge in [-0.3, -0.25) is 0 Å². The molecule has 0 aromatic heterocycles. The van der Waals surface area contributed by atoms with Gasteiger partial charge in [-0.2, -0.15) is 0 Å². The smallest absolute Gasteiger partial charge is 0.138 e. The van der Waals surface area contributed by atoms with Crippen molar-refractivity contribution in [2.24, 2.45) is 0 Å². The van der Waals surface area contributed by atoms with Gasteiger partial charge in [-0.25, -0.2) is 0 Å². The van der Waals surface area contributed by atoms with Gasteiger partial charge in [0.25, 0.3) is 0 Å². The molecular weight excluding hydrogens is 289 g/mol. The van der Waals surface area contributed by atoms with E-state index in [2.05, 4.69) is 5.32 Å². The molecular formula is C13H19Cl2NO3. The highest BCUT2D eigenvalue weighted by Gasteiger charge is 2.17. The number of ether oxygens (including phenoxy) is 1. The van der Waals surface area contributed by atoms with Crippen LogP contribution < -0.4 is 10.1 Å². The number of rotatable bonds is 7. The fourth-order valence-electron chi connectivity index (χ4n) is 1.29. The van der Waals surface area contributed by atoms with Gasteiger partial charge in [0.15, 0.2) is 0 Å². The molecule has 0 saturated heterocycles. The summed E-state index contributed by atoms with van der Waals surface area (Å²) < 4.78 is 5.41. The average molecular weight is 308 g/mol. The van der Waals surface area contributed by atoms with E-state index in [1.807, 2.05) is 13.8 Å². The molecule has 0 spiro atoms. The second-order valence-corrected chi connectivity index (χ2v) is 5.81. The van der Waals surface area contributed by atoms with Gasteiger partial charge in [0.2, 0.25) is 0 Å². The third kappa shape index (κ3) is 5.97. The lowest BCUT2D eigenvalue weighted by molar-refractivity contribution is 0.0907. The van der Waals surface area contributed by atoms with Crippen LogP contribution in [0.15, 0.2) is 18.2 Å². The Morgan fingerprint density at radius 1 is 1.37 bits per heavy atom. The lowest BCUT2D eigenvalue weighted by Crippen LogP contribution is -2.47. The molecule has 0 unspecified atom stereocenters. The molecule has 1 atom stereocenters. The number of β-amino-alcohol motifs (C(OH)–C–C–N with tert-alkyl or cyclic N) is 1. The van der Waals surface area contributed by atoms with Gasteiger partial charge < -0.3 is 20.3 Å². The van der Waals surface area contributed by atoms with Gasteiger partial charge in [0, 0.05) is 17.1 Å². The van der Waals surface area contributed by atoms with Gasteiger partial charge in [0.1, 0.15) is 18.5 Å². The number of hydrogen-bond acceptors (Lipinski definition) is 4. The highest BCUT2D eigenvalue weighted by molar-refractivity contribution is 6.35. The SMILES string of the molecule is CC(C)(CO)NC[C@@H](O)COc1ccc(Cl)cc1Cl. The van der Waals surface area contributed by atoms with E-state index in [0.717, 1.165) is 0 Å². The molecule has 0 aliphatic heterocycles. The maximum Gasteiger partial charge on any atom is 0.138 e. The van der Waals surface area contributed by atoms with E-state index >= 15 is 0 Å². The van der Waals surface area contributed by atoms with Crippen LogP contribution in [0, 0.1) is 0 Å². The molecule has 0 amide bonds. The van der Waals surface area contributed by atoms with Crippen molar-refractivity contribution in [3.8, 4) is 5.75 Å². The Kier molecular flexibility index (Phi) is 6.36. The van der Waals surface area contributed by atoms with E-state index in [0.29, 0.717) is 22.3 Å². The Hall–Kier alpha value is -0.520. The minimum Gasteiger partial charge on any atom is -0.489 e. The Balaban J connectivity index is 2.40. The van der Waals surface area contributed by atoms with Crippen molar-refractivity contribution in [3.63, 3.8) is 0 Å². The number of benzene rings is 1. The Labute approximate surface area is 123 Å². The number of nitrogens with one attached hydrogen (secondary N) is 1. The molecule has 6 heteroatoms. The number of aliphatic hydroxyl groups excluding tert-OH is 2. The van der Waals surface area contributed by atoms with Gasteiger partial charge in [-0.15, -0.1) is 0 Å². The lowest BCUT2D eigenvalue weighted by Gasteiger charge is -2.25. The zero-order valence-corrected chi connectivity index (χ0v) is 12.5. The van der Waals surface area contributed by atoms with Crippen molar-refractivity contribution in [3.05, 3.63) is 28.2 Å². The van der Waals surface area contributed by atoms with E-state index in [4.69, 9.17) is 33.0 Å². The summed E-state index contributed by atoms with van der Waals surface area (Å²) in [6, 6.07) is 4.91. The van der Waals surface area contributed by atoms with Crippen LogP contribution in [-0.4, -0.2) is 41.6 Å². The van der Waals surface area contributed by atoms with Crippen LogP contribution in [0.1, 0.15) is 13.8 Å². The fraction of sp³-hybridized carbons (Fsp3) is 0.538. The molecule has 0 saturated carbocycles. The zero-order valence-electron chi connectivity index (χ0n) is 11.0. The summed E-state index contributed by atoms with van der Waals surface area (Å²) >= 11 is 11.7. The molecule has 108 valence electrons. The second-order valence-electron chi connectivity index (χ2n) is 4.96. The summed E-state index contributed by atoms with van der Waals surface area (Å²) in [5, 5.41) is 22.8. The highest BCUT2D eigenvalue weighted by Crippen LogP contribution is 2.27. The van der Waals surface area contributed by atoms with E-state index in [1.165, 1.54) is 0 Å². The maximum absolute atomic E-state index is 9.78. The summed E-state index contributed by atoms with van der Waals surface area (Å²) in [4.78, 5) is 0. The third-order valence-electron chi connectivity index (χ3n) is 2.54. The van der Waals surface area contributed by atoms with Crippen LogP contribution >= 0.6 is 23.2 Å². The van der Waals surface area contributed by atoms with Crippen LogP contribution in [0.3, 0.4) is 0 Å². The summed E-state index contributed by atoms with van der Waals surface area (Å²) in [5.74, 6) is 0.478. The van der Waals surface area contributed by atoms with Crippen LogP contribution in [0.25, 0.3) is 0 Å². The summed E-state index contributed by atoms with van der Waals surface area (Å²) in [7, 11) is 0. The van der Waals surface area contributed by atoms with Crippen LogP contribution in [0.5, 0.6) is 5.75 Å². The summed E-state index contributed by atoms with van der Waals surface area (Å²) in [6.45, 7) is 4.10. The zero-order chi connectivity index (χ0) is 14.5. The molecule has 1 aromatic rings. The molecule has 0 bridgehead atoms. The molecule has 0 fully saturated rings. The molecule has 0 radical (unpaired) electrons. The van der Waals surface area contributed by atoms with Crippen LogP contribution in [-0.2, 0) is 0 Å². The standard InChI is InChI=1S/C13H19Cl2NO3/c1-13(2,8-17)16-6-10(18)7-19-12-4-3-9(14)5-11(12)15/h3-5,10,16-18H,6-8H2,1-2H3/t10-/m1/s1. The van der Waals surface area contributed by atoms with Gasteiger partial charge in [0.05, 0.1) is 11.6 Å². The van der Waals surface area contributed by atoms with Crippen molar-refractivity contribution in [1.29, 1.82) is 0 Å². The normalized spacial score (nSPS) is 13.4. The second kappa shape index (κ2) is 7.31. The number of halogens is 2. The molecule has 3 N–H and O–H groups in total. The predicted molar refractivity (Wildman–Crippen MR) is 77.1 cm³/mol. The third-order valence-corrected chi connectivity index (χ3v) is 3.07. The minimum absolute atomic E-state index is 0.0103. The molecule has 4 nitrogen and oxygen atoms in total.